The maximum absolute atomic E-state index is 11.9. The summed E-state index contributed by atoms with van der Waals surface area (Å²) in [4.78, 5) is 44.2. The van der Waals surface area contributed by atoms with E-state index in [9.17, 15) is 40.0 Å². The lowest BCUT2D eigenvalue weighted by atomic mass is 10.2. The molecular weight excluding hydrogens is 404 g/mol. The maximum atomic E-state index is 11.9. The van der Waals surface area contributed by atoms with Crippen molar-refractivity contribution in [3.05, 3.63) is 79.9 Å². The van der Waals surface area contributed by atoms with Crippen molar-refractivity contribution >= 4 is 23.3 Å². The van der Waals surface area contributed by atoms with Crippen LogP contribution in [0.25, 0.3) is 0 Å². The van der Waals surface area contributed by atoms with Gasteiger partial charge >= 0.3 is 11.9 Å². The summed E-state index contributed by atoms with van der Waals surface area (Å²) in [5.74, 6) is -2.83. The summed E-state index contributed by atoms with van der Waals surface area (Å²) in [6.07, 6.45) is -4.66. The van der Waals surface area contributed by atoms with E-state index in [2.05, 4.69) is 0 Å². The lowest BCUT2D eigenvalue weighted by molar-refractivity contribution is -0.386. The Bertz CT molecular complexity index is 884. The van der Waals surface area contributed by atoms with Crippen LogP contribution in [0.2, 0.25) is 0 Å². The molecule has 2 aromatic carbocycles. The number of nitrogens with zero attached hydrogens (tertiary/aromatic N) is 2. The predicted molar refractivity (Wildman–Crippen MR) is 97.8 cm³/mol. The van der Waals surface area contributed by atoms with E-state index in [0.29, 0.717) is 0 Å². The van der Waals surface area contributed by atoms with E-state index >= 15 is 0 Å². The smallest absolute Gasteiger partial charge is 0.338 e. The Morgan fingerprint density at radius 1 is 0.767 bits per heavy atom. The average molecular weight is 420 g/mol. The van der Waals surface area contributed by atoms with Gasteiger partial charge in [-0.2, -0.15) is 0 Å². The van der Waals surface area contributed by atoms with E-state index in [-0.39, 0.29) is 22.5 Å². The molecule has 2 unspecified atom stereocenters. The second-order valence-electron chi connectivity index (χ2n) is 5.88. The third-order valence-electron chi connectivity index (χ3n) is 3.90. The predicted octanol–water partition coefficient (Wildman–Crippen LogP) is 1.01. The summed E-state index contributed by atoms with van der Waals surface area (Å²) in [5.41, 5.74) is -0.554. The van der Waals surface area contributed by atoms with E-state index in [0.717, 1.165) is 0 Å². The minimum atomic E-state index is -2.33. The summed E-state index contributed by atoms with van der Waals surface area (Å²) in [5, 5.41) is 41.4. The Hall–Kier alpha value is -3.90. The molecule has 0 saturated heterocycles. The van der Waals surface area contributed by atoms with Crippen LogP contribution in [-0.4, -0.2) is 44.2 Å². The first-order valence-electron chi connectivity index (χ1n) is 8.36. The van der Waals surface area contributed by atoms with Crippen molar-refractivity contribution in [1.82, 2.24) is 0 Å². The van der Waals surface area contributed by atoms with Crippen LogP contribution in [0.4, 0.5) is 11.4 Å². The summed E-state index contributed by atoms with van der Waals surface area (Å²) < 4.78 is 9.43. The van der Waals surface area contributed by atoms with E-state index in [1.807, 2.05) is 0 Å². The highest BCUT2D eigenvalue weighted by Gasteiger charge is 2.33. The molecule has 2 rings (SSSR count). The van der Waals surface area contributed by atoms with Gasteiger partial charge in [0, 0.05) is 12.1 Å². The van der Waals surface area contributed by atoms with Crippen molar-refractivity contribution < 1.29 is 39.1 Å². The van der Waals surface area contributed by atoms with Crippen LogP contribution >= 0.6 is 0 Å². The summed E-state index contributed by atoms with van der Waals surface area (Å²) in [6.45, 7) is -1.16. The van der Waals surface area contributed by atoms with Gasteiger partial charge in [0.1, 0.15) is 13.2 Å². The van der Waals surface area contributed by atoms with Crippen LogP contribution in [0, 0.1) is 20.2 Å². The minimum absolute atomic E-state index is 0.0384. The molecule has 0 aliphatic heterocycles. The van der Waals surface area contributed by atoms with Crippen molar-refractivity contribution in [2.24, 2.45) is 0 Å². The van der Waals surface area contributed by atoms with Crippen molar-refractivity contribution in [2.45, 2.75) is 25.4 Å². The van der Waals surface area contributed by atoms with Gasteiger partial charge in [0.05, 0.1) is 21.0 Å². The van der Waals surface area contributed by atoms with Crippen LogP contribution in [-0.2, 0) is 32.3 Å². The number of para-hydroxylation sites is 2. The van der Waals surface area contributed by atoms with Crippen LogP contribution in [0.15, 0.2) is 48.5 Å². The van der Waals surface area contributed by atoms with Crippen LogP contribution in [0.3, 0.4) is 0 Å². The Balaban J connectivity index is 1.94. The van der Waals surface area contributed by atoms with Gasteiger partial charge in [-0.05, 0) is 12.1 Å². The molecule has 12 nitrogen and oxygen atoms in total. The third-order valence-corrected chi connectivity index (χ3v) is 3.90. The summed E-state index contributed by atoms with van der Waals surface area (Å²) >= 11 is 0. The first-order valence-corrected chi connectivity index (χ1v) is 8.36. The number of aliphatic hydroxyl groups is 2. The van der Waals surface area contributed by atoms with Crippen molar-refractivity contribution in [3.8, 4) is 0 Å². The number of hydrogen-bond donors (Lipinski definition) is 2. The lowest BCUT2D eigenvalue weighted by Crippen LogP contribution is -2.41. The van der Waals surface area contributed by atoms with Crippen molar-refractivity contribution in [3.63, 3.8) is 0 Å². The Kier molecular flexibility index (Phi) is 7.50. The van der Waals surface area contributed by atoms with Gasteiger partial charge < -0.3 is 19.7 Å². The molecule has 0 spiro atoms. The monoisotopic (exact) mass is 420 g/mol. The van der Waals surface area contributed by atoms with E-state index in [1.54, 1.807) is 0 Å². The number of ether oxygens (including phenoxy) is 2. The van der Waals surface area contributed by atoms with Gasteiger partial charge in [-0.1, -0.05) is 24.3 Å². The van der Waals surface area contributed by atoms with Crippen molar-refractivity contribution in [1.29, 1.82) is 0 Å². The normalized spacial score (nSPS) is 12.5. The molecular formula is C18H16N2O10. The largest absolute Gasteiger partial charge is 0.459 e. The number of nitro benzene ring substituents is 2. The maximum Gasteiger partial charge on any atom is 0.338 e. The van der Waals surface area contributed by atoms with Gasteiger partial charge in [-0.25, -0.2) is 9.59 Å². The lowest BCUT2D eigenvalue weighted by Gasteiger charge is -2.16. The van der Waals surface area contributed by atoms with E-state index in [1.165, 1.54) is 48.5 Å². The molecule has 0 aliphatic carbocycles. The molecule has 30 heavy (non-hydrogen) atoms. The number of aliphatic hydroxyl groups excluding tert-OH is 2. The molecule has 158 valence electrons. The Morgan fingerprint density at radius 2 is 1.10 bits per heavy atom. The van der Waals surface area contributed by atoms with Gasteiger partial charge in [0.25, 0.3) is 11.4 Å². The summed E-state index contributed by atoms with van der Waals surface area (Å²) in [7, 11) is 0. The molecule has 0 saturated carbocycles. The molecule has 0 heterocycles. The molecule has 0 aliphatic rings. The highest BCUT2D eigenvalue weighted by Crippen LogP contribution is 2.20. The zero-order valence-electron chi connectivity index (χ0n) is 15.2. The molecule has 0 aromatic heterocycles. The molecule has 0 amide bonds. The number of benzene rings is 2. The first-order chi connectivity index (χ1) is 14.2. The Labute approximate surface area is 168 Å². The number of carbonyl (C=O) groups is 2. The number of carbonyl (C=O) groups excluding carboxylic acids is 2. The summed E-state index contributed by atoms with van der Waals surface area (Å²) in [6, 6.07) is 10.8. The zero-order valence-corrected chi connectivity index (χ0v) is 15.2. The highest BCUT2D eigenvalue weighted by molar-refractivity contribution is 5.85. The van der Waals surface area contributed by atoms with Crippen LogP contribution in [0.1, 0.15) is 11.1 Å². The van der Waals surface area contributed by atoms with Gasteiger partial charge in [-0.3, -0.25) is 20.2 Å². The second-order valence-corrected chi connectivity index (χ2v) is 5.88. The van der Waals surface area contributed by atoms with Crippen LogP contribution < -0.4 is 0 Å². The molecule has 2 N–H and O–H groups in total. The van der Waals surface area contributed by atoms with Crippen LogP contribution in [0.5, 0.6) is 0 Å². The standard InChI is InChI=1S/C18H16N2O10/c21-15(17(23)29-9-11-5-1-3-7-13(11)19(25)26)16(22)18(24)30-10-12-6-2-4-8-14(12)20(27)28/h1-8,15-16,21-22H,9-10H2. The molecule has 12 heteroatoms. The minimum Gasteiger partial charge on any atom is -0.459 e. The van der Waals surface area contributed by atoms with E-state index < -0.39 is 47.2 Å². The fourth-order valence-electron chi connectivity index (χ4n) is 2.35. The van der Waals surface area contributed by atoms with Crippen molar-refractivity contribution in [2.75, 3.05) is 0 Å². The topological polar surface area (TPSA) is 179 Å². The average Bonchev–Trinajstić information content (AvgIpc) is 2.74. The number of nitro groups is 2. The fraction of sp³-hybridized carbons (Fsp3) is 0.222. The van der Waals surface area contributed by atoms with Gasteiger partial charge in [0.2, 0.25) is 0 Å². The van der Waals surface area contributed by atoms with E-state index in [4.69, 9.17) is 9.47 Å². The highest BCUT2D eigenvalue weighted by atomic mass is 16.6. The molecule has 0 radical (unpaired) electrons. The number of esters is 2. The third kappa shape index (κ3) is 5.56. The van der Waals surface area contributed by atoms with Gasteiger partial charge in [-0.15, -0.1) is 0 Å². The SMILES string of the molecule is O=C(OCc1ccccc1[N+](=O)[O-])C(O)C(O)C(=O)OCc1ccccc1[N+](=O)[O-]. The quantitative estimate of drug-likeness (QED) is 0.338. The molecule has 0 fully saturated rings. The first kappa shape index (κ1) is 22.4. The number of hydrogen-bond acceptors (Lipinski definition) is 10. The molecule has 2 aromatic rings. The number of rotatable bonds is 9. The zero-order chi connectivity index (χ0) is 22.3. The fourth-order valence-corrected chi connectivity index (χ4v) is 2.35. The second kappa shape index (κ2) is 10.0. The molecule has 2 atom stereocenters. The molecule has 0 bridgehead atoms. The van der Waals surface area contributed by atoms with Gasteiger partial charge in [0.15, 0.2) is 12.2 Å². The Morgan fingerprint density at radius 3 is 1.43 bits per heavy atom.